The van der Waals surface area contributed by atoms with Crippen molar-refractivity contribution in [2.75, 3.05) is 33.9 Å². The minimum atomic E-state index is -1.58. The van der Waals surface area contributed by atoms with Gasteiger partial charge in [0.25, 0.3) is 0 Å². The molecule has 2 aliphatic heterocycles. The van der Waals surface area contributed by atoms with Crippen LogP contribution < -0.4 is 32.3 Å². The molecule has 0 spiro atoms. The summed E-state index contributed by atoms with van der Waals surface area (Å²) >= 11 is 0. The second-order valence-corrected chi connectivity index (χ2v) is 15.7. The van der Waals surface area contributed by atoms with Crippen molar-refractivity contribution >= 4 is 24.1 Å². The highest BCUT2D eigenvalue weighted by atomic mass is 16.8. The normalized spacial score (nSPS) is 35.5. The van der Waals surface area contributed by atoms with Gasteiger partial charge in [-0.05, 0) is 68.4 Å². The Hall–Kier alpha value is -3.08. The lowest BCUT2D eigenvalue weighted by Crippen LogP contribution is -2.72. The monoisotopic (exact) mass is 763 g/mol. The number of likely N-dealkylation sites (N-methyl/N-ethyl adjacent to an activating group) is 1. The molecular formula is C33H61N7O13. The summed E-state index contributed by atoms with van der Waals surface area (Å²) in [6, 6.07) is -3.85. The summed E-state index contributed by atoms with van der Waals surface area (Å²) < 4.78 is 34.7. The highest BCUT2D eigenvalue weighted by molar-refractivity contribution is 5.84. The summed E-state index contributed by atoms with van der Waals surface area (Å²) in [6.45, 7) is 11.1. The molecular weight excluding hydrogens is 702 g/mol. The molecule has 12 atom stereocenters. The molecule has 1 aliphatic carbocycles. The number of ether oxygens (including phenoxy) is 6. The molecule has 3 amide bonds. The third kappa shape index (κ3) is 12.7. The Balaban J connectivity index is 2.05. The van der Waals surface area contributed by atoms with Crippen molar-refractivity contribution in [3.63, 3.8) is 0 Å². The predicted octanol–water partition coefficient (Wildman–Crippen LogP) is -1.28. The van der Waals surface area contributed by atoms with Gasteiger partial charge in [-0.15, -0.1) is 0 Å². The van der Waals surface area contributed by atoms with Crippen LogP contribution in [0.1, 0.15) is 67.7 Å². The minimum absolute atomic E-state index is 0.0185. The van der Waals surface area contributed by atoms with Gasteiger partial charge >= 0.3 is 18.3 Å². The molecule has 306 valence electrons. The maximum atomic E-state index is 13.2. The van der Waals surface area contributed by atoms with Crippen LogP contribution in [0, 0.1) is 5.92 Å². The number of hydrogen-bond acceptors (Lipinski definition) is 16. The van der Waals surface area contributed by atoms with Crippen molar-refractivity contribution in [3.05, 3.63) is 0 Å². The number of nitrogens with one attached hydrogen (secondary N) is 5. The Morgan fingerprint density at radius 3 is 2.09 bits per heavy atom. The number of nitrogens with two attached hydrogens (primary N) is 1. The fraction of sp³-hybridized carbons (Fsp3) is 0.879. The van der Waals surface area contributed by atoms with E-state index >= 15 is 0 Å². The lowest BCUT2D eigenvalue weighted by Gasteiger charge is -2.50. The van der Waals surface area contributed by atoms with Crippen LogP contribution in [0.5, 0.6) is 0 Å². The van der Waals surface area contributed by atoms with Crippen molar-refractivity contribution in [2.45, 2.75) is 146 Å². The van der Waals surface area contributed by atoms with Crippen molar-refractivity contribution in [2.24, 2.45) is 16.6 Å². The van der Waals surface area contributed by atoms with E-state index in [-0.39, 0.29) is 44.9 Å². The SMILES string of the molecule is CNC(=O)O[C@H]1CC[C@@H](NC(=O)OC(C)(C)C)[C@H](O[C@H]2[C@@H](O)[C@@H](N[C@@H]3OC[C@](C)(O)[C@H](NC)[C@H]3O)[C@H](C(N)=NCCO)C[C@@H]2NC(=O)OC(C)(C)C)O1. The summed E-state index contributed by atoms with van der Waals surface area (Å²) in [7, 11) is 2.95. The summed E-state index contributed by atoms with van der Waals surface area (Å²) in [6.07, 6.45) is -9.91. The second-order valence-electron chi connectivity index (χ2n) is 15.7. The Morgan fingerprint density at radius 1 is 0.943 bits per heavy atom. The number of carbonyl (C=O) groups excluding carboxylic acids is 3. The van der Waals surface area contributed by atoms with Gasteiger partial charge in [0.2, 0.25) is 6.29 Å². The first kappa shape index (κ1) is 44.3. The topological polar surface area (TPSA) is 286 Å². The Morgan fingerprint density at radius 2 is 1.55 bits per heavy atom. The average Bonchev–Trinajstić information content (AvgIpc) is 3.03. The number of amides is 3. The molecule has 3 fully saturated rings. The highest BCUT2D eigenvalue weighted by Crippen LogP contribution is 2.34. The Labute approximate surface area is 310 Å². The quantitative estimate of drug-likeness (QED) is 0.0666. The van der Waals surface area contributed by atoms with Crippen LogP contribution in [0.2, 0.25) is 0 Å². The van der Waals surface area contributed by atoms with E-state index < -0.39 is 102 Å². The first-order chi connectivity index (χ1) is 24.6. The molecule has 0 radical (unpaired) electrons. The van der Waals surface area contributed by atoms with Gasteiger partial charge in [-0.2, -0.15) is 0 Å². The summed E-state index contributed by atoms with van der Waals surface area (Å²) in [5, 5.41) is 57.7. The van der Waals surface area contributed by atoms with Gasteiger partial charge in [-0.25, -0.2) is 14.4 Å². The molecule has 0 unspecified atom stereocenters. The number of carbonyl (C=O) groups is 3. The lowest BCUT2D eigenvalue weighted by atomic mass is 9.76. The number of rotatable bonds is 11. The van der Waals surface area contributed by atoms with E-state index in [2.05, 4.69) is 31.6 Å². The third-order valence-electron chi connectivity index (χ3n) is 8.83. The van der Waals surface area contributed by atoms with Crippen LogP contribution in [0.25, 0.3) is 0 Å². The smallest absolute Gasteiger partial charge is 0.409 e. The molecule has 3 aliphatic rings. The van der Waals surface area contributed by atoms with Crippen molar-refractivity contribution in [1.82, 2.24) is 26.6 Å². The molecule has 0 aromatic heterocycles. The first-order valence-electron chi connectivity index (χ1n) is 17.8. The molecule has 0 aromatic carbocycles. The van der Waals surface area contributed by atoms with Crippen molar-refractivity contribution < 1.29 is 63.2 Å². The van der Waals surface area contributed by atoms with E-state index in [0.717, 1.165) is 0 Å². The number of aliphatic imine (C=N–C) groups is 1. The van der Waals surface area contributed by atoms with E-state index in [9.17, 15) is 34.8 Å². The van der Waals surface area contributed by atoms with Crippen molar-refractivity contribution in [1.29, 1.82) is 0 Å². The summed E-state index contributed by atoms with van der Waals surface area (Å²) in [5.41, 5.74) is 3.30. The Bertz CT molecular complexity index is 1260. The van der Waals surface area contributed by atoms with E-state index in [0.29, 0.717) is 0 Å². The second kappa shape index (κ2) is 18.5. The van der Waals surface area contributed by atoms with Crippen LogP contribution in [0.15, 0.2) is 4.99 Å². The highest BCUT2D eigenvalue weighted by Gasteiger charge is 2.53. The molecule has 2 heterocycles. The van der Waals surface area contributed by atoms with Gasteiger partial charge in [0.05, 0.1) is 49.8 Å². The molecule has 0 bridgehead atoms. The van der Waals surface area contributed by atoms with Gasteiger partial charge in [-0.3, -0.25) is 10.3 Å². The number of alkyl carbamates (subject to hydrolysis) is 3. The number of aliphatic hydroxyl groups excluding tert-OH is 3. The van der Waals surface area contributed by atoms with Crippen LogP contribution >= 0.6 is 0 Å². The largest absolute Gasteiger partial charge is 0.444 e. The lowest BCUT2D eigenvalue weighted by molar-refractivity contribution is -0.289. The maximum Gasteiger partial charge on any atom is 0.409 e. The molecule has 53 heavy (non-hydrogen) atoms. The van der Waals surface area contributed by atoms with Crippen molar-refractivity contribution in [3.8, 4) is 0 Å². The van der Waals surface area contributed by atoms with Crippen LogP contribution in [0.4, 0.5) is 14.4 Å². The van der Waals surface area contributed by atoms with Gasteiger partial charge in [0.1, 0.15) is 35.2 Å². The number of aliphatic hydroxyl groups is 4. The van der Waals surface area contributed by atoms with Gasteiger partial charge in [0.15, 0.2) is 6.29 Å². The molecule has 11 N–H and O–H groups in total. The first-order valence-corrected chi connectivity index (χ1v) is 17.8. The molecule has 20 heteroatoms. The van der Waals surface area contributed by atoms with Gasteiger partial charge < -0.3 is 75.8 Å². The summed E-state index contributed by atoms with van der Waals surface area (Å²) in [5.74, 6) is -0.833. The minimum Gasteiger partial charge on any atom is -0.444 e. The zero-order chi connectivity index (χ0) is 39.9. The Kier molecular flexibility index (Phi) is 15.5. The fourth-order valence-electron chi connectivity index (χ4n) is 6.54. The molecule has 20 nitrogen and oxygen atoms in total. The molecule has 1 saturated carbocycles. The maximum absolute atomic E-state index is 13.2. The number of hydrogen-bond donors (Lipinski definition) is 10. The zero-order valence-corrected chi connectivity index (χ0v) is 32.1. The number of amidine groups is 1. The average molecular weight is 764 g/mol. The molecule has 3 rings (SSSR count). The van der Waals surface area contributed by atoms with Crippen LogP contribution in [0.3, 0.4) is 0 Å². The van der Waals surface area contributed by atoms with Gasteiger partial charge in [0, 0.05) is 25.4 Å². The van der Waals surface area contributed by atoms with E-state index in [1.165, 1.54) is 14.0 Å². The third-order valence-corrected chi connectivity index (χ3v) is 8.83. The van der Waals surface area contributed by atoms with Gasteiger partial charge in [-0.1, -0.05) is 0 Å². The standard InChI is InChI=1S/C33H61N7O13/c1-31(2,3)52-29(45)38-17-10-11-19(50-28(44)36-9)49-27(17)51-23-18(39-30(46)53-32(4,5)6)14-16(25(34)37-12-13-41)20(21(23)42)40-26-22(43)24(35-8)33(7,47)15-48-26/h16-24,26-27,35,40-43,47H,10-15H2,1-9H3,(H2,34,37)(H,36,44)(H,38,45)(H,39,46)/t16-,17-,18+,19+,20+,21+,22-,23-,24-,26-,27+,33+/m1/s1. The predicted molar refractivity (Wildman–Crippen MR) is 188 cm³/mol. The van der Waals surface area contributed by atoms with Crippen LogP contribution in [-0.4, -0.2) is 156 Å². The summed E-state index contributed by atoms with van der Waals surface area (Å²) in [4.78, 5) is 42.5. The zero-order valence-electron chi connectivity index (χ0n) is 32.1. The van der Waals surface area contributed by atoms with E-state index in [1.807, 2.05) is 0 Å². The van der Waals surface area contributed by atoms with Crippen LogP contribution in [-0.2, 0) is 28.4 Å². The molecule has 2 saturated heterocycles. The number of nitrogens with zero attached hydrogens (tertiary/aromatic N) is 1. The van der Waals surface area contributed by atoms with E-state index in [4.69, 9.17) is 34.2 Å². The molecule has 0 aromatic rings. The fourth-order valence-corrected chi connectivity index (χ4v) is 6.54. The van der Waals surface area contributed by atoms with E-state index in [1.54, 1.807) is 48.6 Å².